The number of benzene rings is 2. The third kappa shape index (κ3) is 5.43. The van der Waals surface area contributed by atoms with Crippen molar-refractivity contribution in [2.24, 2.45) is 0 Å². The molecule has 0 saturated carbocycles. The zero-order valence-electron chi connectivity index (χ0n) is 15.9. The van der Waals surface area contributed by atoms with Gasteiger partial charge in [-0.2, -0.15) is 0 Å². The number of rotatable bonds is 7. The highest BCUT2D eigenvalue weighted by molar-refractivity contribution is 5.94. The van der Waals surface area contributed by atoms with Crippen molar-refractivity contribution in [1.82, 2.24) is 4.90 Å². The molecule has 1 fully saturated rings. The first-order chi connectivity index (χ1) is 13.1. The third-order valence-corrected chi connectivity index (χ3v) is 5.18. The number of likely N-dealkylation sites (tertiary alicyclic amines) is 1. The molecule has 2 aromatic rings. The van der Waals surface area contributed by atoms with Crippen LogP contribution < -0.4 is 4.74 Å². The first-order valence-corrected chi connectivity index (χ1v) is 9.70. The van der Waals surface area contributed by atoms with Gasteiger partial charge in [-0.15, -0.1) is 0 Å². The van der Waals surface area contributed by atoms with E-state index in [9.17, 15) is 9.59 Å². The van der Waals surface area contributed by atoms with Gasteiger partial charge in [0.2, 0.25) is 5.91 Å². The topological polar surface area (TPSA) is 46.6 Å². The summed E-state index contributed by atoms with van der Waals surface area (Å²) in [5.41, 5.74) is 2.06. The summed E-state index contributed by atoms with van der Waals surface area (Å²) in [6.07, 6.45) is 3.29. The molecule has 0 atom stereocenters. The summed E-state index contributed by atoms with van der Waals surface area (Å²) in [4.78, 5) is 25.7. The normalized spacial score (nSPS) is 14.8. The molecule has 0 bridgehead atoms. The largest absolute Gasteiger partial charge is 0.494 e. The van der Waals surface area contributed by atoms with E-state index in [2.05, 4.69) is 24.3 Å². The Labute approximate surface area is 161 Å². The summed E-state index contributed by atoms with van der Waals surface area (Å²) in [6.45, 7) is 3.73. The lowest BCUT2D eigenvalue weighted by molar-refractivity contribution is -0.132. The van der Waals surface area contributed by atoms with Gasteiger partial charge < -0.3 is 9.64 Å². The maximum Gasteiger partial charge on any atom is 0.222 e. The summed E-state index contributed by atoms with van der Waals surface area (Å²) in [6, 6.07) is 17.7. The van der Waals surface area contributed by atoms with Crippen molar-refractivity contribution in [1.29, 1.82) is 0 Å². The molecule has 1 heterocycles. The standard InChI is InChI=1S/C23H27NO3/c1-18(25)19-9-11-22(12-10-19)27-17-5-8-23(26)24-15-13-21(14-16-24)20-6-3-2-4-7-20/h2-4,6-7,9-12,21H,5,8,13-17H2,1H3. The molecule has 2 aromatic carbocycles. The van der Waals surface area contributed by atoms with Crippen LogP contribution in [-0.4, -0.2) is 36.3 Å². The fourth-order valence-electron chi connectivity index (χ4n) is 3.54. The van der Waals surface area contributed by atoms with Crippen LogP contribution in [0.25, 0.3) is 0 Å². The molecule has 0 radical (unpaired) electrons. The number of nitrogens with zero attached hydrogens (tertiary/aromatic N) is 1. The second-order valence-corrected chi connectivity index (χ2v) is 7.10. The SMILES string of the molecule is CC(=O)c1ccc(OCCCC(=O)N2CCC(c3ccccc3)CC2)cc1. The van der Waals surface area contributed by atoms with Crippen LogP contribution in [0, 0.1) is 0 Å². The summed E-state index contributed by atoms with van der Waals surface area (Å²) >= 11 is 0. The smallest absolute Gasteiger partial charge is 0.222 e. The fraction of sp³-hybridized carbons (Fsp3) is 0.391. The molecular weight excluding hydrogens is 338 g/mol. The number of hydrogen-bond donors (Lipinski definition) is 0. The Hall–Kier alpha value is -2.62. The van der Waals surface area contributed by atoms with Gasteiger partial charge in [-0.1, -0.05) is 30.3 Å². The van der Waals surface area contributed by atoms with E-state index >= 15 is 0 Å². The van der Waals surface area contributed by atoms with Crippen LogP contribution in [0.5, 0.6) is 5.75 Å². The van der Waals surface area contributed by atoms with Gasteiger partial charge in [0.1, 0.15) is 5.75 Å². The highest BCUT2D eigenvalue weighted by Gasteiger charge is 2.23. The summed E-state index contributed by atoms with van der Waals surface area (Å²) in [5, 5.41) is 0. The number of amides is 1. The lowest BCUT2D eigenvalue weighted by Crippen LogP contribution is -2.37. The molecule has 0 unspecified atom stereocenters. The Balaban J connectivity index is 1.36. The minimum absolute atomic E-state index is 0.0446. The molecule has 4 heteroatoms. The van der Waals surface area contributed by atoms with E-state index in [0.29, 0.717) is 30.9 Å². The Morgan fingerprint density at radius 1 is 1.00 bits per heavy atom. The summed E-state index contributed by atoms with van der Waals surface area (Å²) in [7, 11) is 0. The minimum atomic E-state index is 0.0446. The van der Waals surface area contributed by atoms with Gasteiger partial charge in [0, 0.05) is 25.1 Å². The van der Waals surface area contributed by atoms with E-state index in [1.807, 2.05) is 11.0 Å². The van der Waals surface area contributed by atoms with Crippen molar-refractivity contribution in [3.8, 4) is 5.75 Å². The molecular formula is C23H27NO3. The van der Waals surface area contributed by atoms with E-state index < -0.39 is 0 Å². The first-order valence-electron chi connectivity index (χ1n) is 9.70. The maximum absolute atomic E-state index is 12.4. The highest BCUT2D eigenvalue weighted by atomic mass is 16.5. The Morgan fingerprint density at radius 3 is 2.30 bits per heavy atom. The summed E-state index contributed by atoms with van der Waals surface area (Å²) < 4.78 is 5.67. The Morgan fingerprint density at radius 2 is 1.67 bits per heavy atom. The van der Waals surface area contributed by atoms with Crippen molar-refractivity contribution < 1.29 is 14.3 Å². The van der Waals surface area contributed by atoms with E-state index in [1.165, 1.54) is 5.56 Å². The Kier molecular flexibility index (Phi) is 6.64. The lowest BCUT2D eigenvalue weighted by Gasteiger charge is -2.32. The van der Waals surface area contributed by atoms with Crippen molar-refractivity contribution >= 4 is 11.7 Å². The van der Waals surface area contributed by atoms with Gasteiger partial charge in [0.05, 0.1) is 6.61 Å². The van der Waals surface area contributed by atoms with Gasteiger partial charge >= 0.3 is 0 Å². The molecule has 0 spiro atoms. The Bertz CT molecular complexity index is 747. The first kappa shape index (κ1) is 19.2. The van der Waals surface area contributed by atoms with Gasteiger partial charge in [-0.25, -0.2) is 0 Å². The van der Waals surface area contributed by atoms with E-state index in [0.717, 1.165) is 31.7 Å². The highest BCUT2D eigenvalue weighted by Crippen LogP contribution is 2.28. The second-order valence-electron chi connectivity index (χ2n) is 7.10. The monoisotopic (exact) mass is 365 g/mol. The predicted octanol–water partition coefficient (Wildman–Crippen LogP) is 4.45. The van der Waals surface area contributed by atoms with E-state index in [1.54, 1.807) is 31.2 Å². The maximum atomic E-state index is 12.4. The minimum Gasteiger partial charge on any atom is -0.494 e. The fourth-order valence-corrected chi connectivity index (χ4v) is 3.54. The number of carbonyl (C=O) groups is 2. The van der Waals surface area contributed by atoms with E-state index in [4.69, 9.17) is 4.74 Å². The van der Waals surface area contributed by atoms with Gasteiger partial charge in [-0.05, 0) is 61.9 Å². The molecule has 1 aliphatic heterocycles. The number of hydrogen-bond acceptors (Lipinski definition) is 3. The van der Waals surface area contributed by atoms with Crippen molar-refractivity contribution in [2.45, 2.75) is 38.5 Å². The lowest BCUT2D eigenvalue weighted by atomic mass is 9.89. The molecule has 1 amide bonds. The molecule has 3 rings (SSSR count). The molecule has 0 N–H and O–H groups in total. The predicted molar refractivity (Wildman–Crippen MR) is 106 cm³/mol. The van der Waals surface area contributed by atoms with Crippen LogP contribution in [0.4, 0.5) is 0 Å². The van der Waals surface area contributed by atoms with Gasteiger partial charge in [0.15, 0.2) is 5.78 Å². The number of ketones is 1. The molecule has 1 saturated heterocycles. The molecule has 27 heavy (non-hydrogen) atoms. The van der Waals surface area contributed by atoms with Crippen LogP contribution in [0.15, 0.2) is 54.6 Å². The number of piperidine rings is 1. The average molecular weight is 365 g/mol. The number of carbonyl (C=O) groups excluding carboxylic acids is 2. The number of ether oxygens (including phenoxy) is 1. The second kappa shape index (κ2) is 9.36. The van der Waals surface area contributed by atoms with Crippen LogP contribution in [0.2, 0.25) is 0 Å². The molecule has 142 valence electrons. The molecule has 1 aliphatic rings. The van der Waals surface area contributed by atoms with Crippen LogP contribution >= 0.6 is 0 Å². The summed E-state index contributed by atoms with van der Waals surface area (Å²) in [5.74, 6) is 1.56. The van der Waals surface area contributed by atoms with Crippen molar-refractivity contribution in [3.63, 3.8) is 0 Å². The van der Waals surface area contributed by atoms with Crippen LogP contribution in [0.3, 0.4) is 0 Å². The van der Waals surface area contributed by atoms with Gasteiger partial charge in [0.25, 0.3) is 0 Å². The third-order valence-electron chi connectivity index (χ3n) is 5.18. The number of Topliss-reactive ketones (excluding diaryl/α,β-unsaturated/α-hetero) is 1. The molecule has 4 nitrogen and oxygen atoms in total. The molecule has 0 aromatic heterocycles. The van der Waals surface area contributed by atoms with Crippen LogP contribution in [0.1, 0.15) is 54.4 Å². The average Bonchev–Trinajstić information content (AvgIpc) is 2.72. The zero-order valence-corrected chi connectivity index (χ0v) is 15.9. The zero-order chi connectivity index (χ0) is 19.1. The van der Waals surface area contributed by atoms with Gasteiger partial charge in [-0.3, -0.25) is 9.59 Å². The van der Waals surface area contributed by atoms with Crippen LogP contribution in [-0.2, 0) is 4.79 Å². The quantitative estimate of drug-likeness (QED) is 0.538. The molecule has 0 aliphatic carbocycles. The van der Waals surface area contributed by atoms with Crippen molar-refractivity contribution in [2.75, 3.05) is 19.7 Å². The van der Waals surface area contributed by atoms with Crippen molar-refractivity contribution in [3.05, 3.63) is 65.7 Å². The van der Waals surface area contributed by atoms with E-state index in [-0.39, 0.29) is 11.7 Å².